The van der Waals surface area contributed by atoms with Gasteiger partial charge >= 0.3 is 0 Å². The highest BCUT2D eigenvalue weighted by Gasteiger charge is 2.20. The molecule has 19 heavy (non-hydrogen) atoms. The number of hydrogen-bond acceptors (Lipinski definition) is 2. The van der Waals surface area contributed by atoms with Crippen LogP contribution in [0.2, 0.25) is 0 Å². The van der Waals surface area contributed by atoms with Crippen LogP contribution in [-0.2, 0) is 13.1 Å². The molecule has 4 heteroatoms. The van der Waals surface area contributed by atoms with E-state index in [9.17, 15) is 13.6 Å². The summed E-state index contributed by atoms with van der Waals surface area (Å²) < 4.78 is 27.2. The van der Waals surface area contributed by atoms with Crippen LogP contribution in [0, 0.1) is 11.6 Å². The number of carbonyl (C=O) groups excluding carboxylic acids is 1. The molecule has 0 radical (unpaired) electrons. The van der Waals surface area contributed by atoms with Gasteiger partial charge in [0.25, 0.3) is 0 Å². The molecule has 2 nitrogen and oxygen atoms in total. The number of halogens is 2. The third kappa shape index (κ3) is 2.04. The Morgan fingerprint density at radius 1 is 1.00 bits per heavy atom. The minimum atomic E-state index is -0.830. The van der Waals surface area contributed by atoms with Crippen LogP contribution in [-0.4, -0.2) is 5.78 Å². The first kappa shape index (κ1) is 12.0. The second-order valence-electron chi connectivity index (χ2n) is 4.51. The van der Waals surface area contributed by atoms with Crippen molar-refractivity contribution >= 4 is 5.78 Å². The van der Waals surface area contributed by atoms with Crippen molar-refractivity contribution in [3.63, 3.8) is 0 Å². The molecule has 0 amide bonds. The van der Waals surface area contributed by atoms with E-state index in [1.165, 1.54) is 6.07 Å². The summed E-state index contributed by atoms with van der Waals surface area (Å²) in [6.07, 6.45) is 0. The van der Waals surface area contributed by atoms with Gasteiger partial charge in [-0.05, 0) is 29.3 Å². The zero-order chi connectivity index (χ0) is 13.4. The molecule has 0 atom stereocenters. The fourth-order valence-electron chi connectivity index (χ4n) is 2.30. The van der Waals surface area contributed by atoms with Gasteiger partial charge in [-0.2, -0.15) is 0 Å². The monoisotopic (exact) mass is 259 g/mol. The quantitative estimate of drug-likeness (QED) is 0.840. The fourth-order valence-corrected chi connectivity index (χ4v) is 2.30. The number of benzene rings is 2. The van der Waals surface area contributed by atoms with Gasteiger partial charge in [0.1, 0.15) is 11.6 Å². The normalized spacial score (nSPS) is 13.4. The number of carbonyl (C=O) groups is 1. The van der Waals surface area contributed by atoms with E-state index in [0.29, 0.717) is 12.1 Å². The lowest BCUT2D eigenvalue weighted by Gasteiger charge is -2.06. The predicted octanol–water partition coefficient (Wildman–Crippen LogP) is 2.80. The number of hydrogen-bond donors (Lipinski definition) is 1. The zero-order valence-corrected chi connectivity index (χ0v) is 10.0. The molecule has 0 aliphatic carbocycles. The van der Waals surface area contributed by atoms with Gasteiger partial charge in [0.05, 0.1) is 5.56 Å². The average Bonchev–Trinajstić information content (AvgIpc) is 2.85. The van der Waals surface area contributed by atoms with Crippen molar-refractivity contribution in [2.75, 3.05) is 0 Å². The number of nitrogens with one attached hydrogen (secondary N) is 1. The van der Waals surface area contributed by atoms with Gasteiger partial charge in [-0.1, -0.05) is 18.2 Å². The molecular weight excluding hydrogens is 248 g/mol. The van der Waals surface area contributed by atoms with Gasteiger partial charge in [-0.15, -0.1) is 0 Å². The van der Waals surface area contributed by atoms with Gasteiger partial charge in [-0.25, -0.2) is 8.78 Å². The molecule has 0 unspecified atom stereocenters. The summed E-state index contributed by atoms with van der Waals surface area (Å²) in [6.45, 7) is 1.44. The first-order valence-electron chi connectivity index (χ1n) is 5.98. The van der Waals surface area contributed by atoms with Crippen LogP contribution < -0.4 is 5.32 Å². The highest BCUT2D eigenvalue weighted by molar-refractivity contribution is 6.09. The molecule has 1 heterocycles. The molecule has 0 aromatic heterocycles. The maximum absolute atomic E-state index is 13.6. The Kier molecular flexibility index (Phi) is 2.87. The molecule has 0 bridgehead atoms. The second-order valence-corrected chi connectivity index (χ2v) is 4.51. The Balaban J connectivity index is 2.05. The van der Waals surface area contributed by atoms with E-state index in [0.717, 1.165) is 29.8 Å². The van der Waals surface area contributed by atoms with E-state index in [-0.39, 0.29) is 0 Å². The molecule has 1 N–H and O–H groups in total. The molecule has 2 aromatic carbocycles. The summed E-state index contributed by atoms with van der Waals surface area (Å²) in [7, 11) is 0. The molecule has 1 aliphatic rings. The molecule has 1 aliphatic heterocycles. The Labute approximate surface area is 109 Å². The number of fused-ring (bicyclic) bond motifs is 1. The Hall–Kier alpha value is -2.07. The van der Waals surface area contributed by atoms with Crippen LogP contribution in [0.3, 0.4) is 0 Å². The first-order chi connectivity index (χ1) is 9.16. The molecule has 3 rings (SSSR count). The standard InChI is InChI=1S/C15H11F2NO/c16-12-2-1-3-13(17)14(12)15(19)9-4-5-10-7-18-8-11(10)6-9/h1-6,18H,7-8H2. The summed E-state index contributed by atoms with van der Waals surface area (Å²) in [5, 5.41) is 3.16. The molecule has 0 fully saturated rings. The molecule has 2 aromatic rings. The molecule has 0 saturated carbocycles. The van der Waals surface area contributed by atoms with Crippen molar-refractivity contribution < 1.29 is 13.6 Å². The smallest absolute Gasteiger partial charge is 0.198 e. The first-order valence-corrected chi connectivity index (χ1v) is 5.98. The van der Waals surface area contributed by atoms with Gasteiger partial charge < -0.3 is 5.32 Å². The summed E-state index contributed by atoms with van der Waals surface area (Å²) in [4.78, 5) is 12.2. The molecule has 0 saturated heterocycles. The van der Waals surface area contributed by atoms with Crippen molar-refractivity contribution in [1.82, 2.24) is 5.32 Å². The highest BCUT2D eigenvalue weighted by atomic mass is 19.1. The van der Waals surface area contributed by atoms with E-state index < -0.39 is 23.0 Å². The lowest BCUT2D eigenvalue weighted by Crippen LogP contribution is -2.08. The van der Waals surface area contributed by atoms with Gasteiger partial charge in [0.15, 0.2) is 5.78 Å². The number of rotatable bonds is 2. The maximum Gasteiger partial charge on any atom is 0.198 e. The van der Waals surface area contributed by atoms with Crippen molar-refractivity contribution in [3.8, 4) is 0 Å². The second kappa shape index (κ2) is 4.55. The predicted molar refractivity (Wildman–Crippen MR) is 66.8 cm³/mol. The average molecular weight is 259 g/mol. The minimum Gasteiger partial charge on any atom is -0.309 e. The van der Waals surface area contributed by atoms with Crippen molar-refractivity contribution in [2.45, 2.75) is 13.1 Å². The van der Waals surface area contributed by atoms with E-state index in [2.05, 4.69) is 5.32 Å². The van der Waals surface area contributed by atoms with Crippen molar-refractivity contribution in [2.24, 2.45) is 0 Å². The SMILES string of the molecule is O=C(c1ccc2c(c1)CNC2)c1c(F)cccc1F. The maximum atomic E-state index is 13.6. The van der Waals surface area contributed by atoms with Gasteiger partial charge in [0.2, 0.25) is 0 Å². The molecular formula is C15H11F2NO. The summed E-state index contributed by atoms with van der Waals surface area (Å²) in [5.74, 6) is -2.28. The Morgan fingerprint density at radius 2 is 1.68 bits per heavy atom. The fraction of sp³-hybridized carbons (Fsp3) is 0.133. The third-order valence-electron chi connectivity index (χ3n) is 3.29. The van der Waals surface area contributed by atoms with E-state index >= 15 is 0 Å². The van der Waals surface area contributed by atoms with Gasteiger partial charge in [0, 0.05) is 18.7 Å². The largest absolute Gasteiger partial charge is 0.309 e. The van der Waals surface area contributed by atoms with Crippen LogP contribution in [0.4, 0.5) is 8.78 Å². The van der Waals surface area contributed by atoms with E-state index in [1.54, 1.807) is 12.1 Å². The van der Waals surface area contributed by atoms with Crippen molar-refractivity contribution in [3.05, 3.63) is 70.3 Å². The summed E-state index contributed by atoms with van der Waals surface area (Å²) in [6, 6.07) is 8.55. The summed E-state index contributed by atoms with van der Waals surface area (Å²) >= 11 is 0. The van der Waals surface area contributed by atoms with Crippen LogP contribution in [0.1, 0.15) is 27.0 Å². The zero-order valence-electron chi connectivity index (χ0n) is 10.0. The summed E-state index contributed by atoms with van der Waals surface area (Å²) in [5.41, 5.74) is 1.94. The Bertz CT molecular complexity index is 647. The highest BCUT2D eigenvalue weighted by Crippen LogP contribution is 2.21. The van der Waals surface area contributed by atoms with Crippen LogP contribution in [0.25, 0.3) is 0 Å². The molecule has 0 spiro atoms. The van der Waals surface area contributed by atoms with Crippen LogP contribution in [0.5, 0.6) is 0 Å². The van der Waals surface area contributed by atoms with Crippen LogP contribution in [0.15, 0.2) is 36.4 Å². The van der Waals surface area contributed by atoms with Crippen LogP contribution >= 0.6 is 0 Å². The van der Waals surface area contributed by atoms with Crippen molar-refractivity contribution in [1.29, 1.82) is 0 Å². The topological polar surface area (TPSA) is 29.1 Å². The number of ketones is 1. The van der Waals surface area contributed by atoms with E-state index in [1.807, 2.05) is 6.07 Å². The lowest BCUT2D eigenvalue weighted by atomic mass is 9.98. The minimum absolute atomic E-state index is 0.312. The van der Waals surface area contributed by atoms with Gasteiger partial charge in [-0.3, -0.25) is 4.79 Å². The Morgan fingerprint density at radius 3 is 2.42 bits per heavy atom. The molecule has 96 valence electrons. The lowest BCUT2D eigenvalue weighted by molar-refractivity contribution is 0.103. The third-order valence-corrected chi connectivity index (χ3v) is 3.29. The van der Waals surface area contributed by atoms with E-state index in [4.69, 9.17) is 0 Å².